The van der Waals surface area contributed by atoms with E-state index in [9.17, 15) is 22.0 Å². The Bertz CT molecular complexity index is 1120. The summed E-state index contributed by atoms with van der Waals surface area (Å²) in [6.45, 7) is 1.61. The maximum atomic E-state index is 13.0. The Labute approximate surface area is 199 Å². The van der Waals surface area contributed by atoms with Crippen LogP contribution in [0.3, 0.4) is 0 Å². The smallest absolute Gasteiger partial charge is 0.387 e. The third-order valence-electron chi connectivity index (χ3n) is 5.93. The fourth-order valence-corrected chi connectivity index (χ4v) is 5.80. The molecule has 1 aliphatic heterocycles. The number of sulfonamides is 1. The van der Waals surface area contributed by atoms with Crippen molar-refractivity contribution in [1.29, 1.82) is 0 Å². The van der Waals surface area contributed by atoms with E-state index in [0.29, 0.717) is 41.8 Å². The largest absolute Gasteiger partial charge is 0.493 e. The van der Waals surface area contributed by atoms with Gasteiger partial charge in [-0.15, -0.1) is 0 Å². The molecule has 1 amide bonds. The second-order valence-electron chi connectivity index (χ2n) is 8.35. The van der Waals surface area contributed by atoms with E-state index in [2.05, 4.69) is 10.1 Å². The van der Waals surface area contributed by atoms with Gasteiger partial charge in [0.05, 0.1) is 12.0 Å². The zero-order valence-corrected chi connectivity index (χ0v) is 20.3. The quantitative estimate of drug-likeness (QED) is 0.573. The SMILES string of the molecule is COc1ccc(CCNC(=O)C2CCN(S(=O)(=O)c3ccc(C)cc3C)CC2)cc1OC(F)F. The van der Waals surface area contributed by atoms with E-state index in [1.807, 2.05) is 13.0 Å². The summed E-state index contributed by atoms with van der Waals surface area (Å²) in [4.78, 5) is 12.9. The first kappa shape index (κ1) is 25.9. The lowest BCUT2D eigenvalue weighted by Gasteiger charge is -2.31. The third-order valence-corrected chi connectivity index (χ3v) is 7.99. The second-order valence-corrected chi connectivity index (χ2v) is 10.3. The van der Waals surface area contributed by atoms with Crippen LogP contribution >= 0.6 is 0 Å². The highest BCUT2D eigenvalue weighted by Crippen LogP contribution is 2.30. The first-order valence-electron chi connectivity index (χ1n) is 11.1. The van der Waals surface area contributed by atoms with Crippen molar-refractivity contribution >= 4 is 15.9 Å². The van der Waals surface area contributed by atoms with E-state index in [-0.39, 0.29) is 36.4 Å². The average molecular weight is 497 g/mol. The number of ether oxygens (including phenoxy) is 2. The van der Waals surface area contributed by atoms with Crippen LogP contribution in [-0.4, -0.2) is 52.0 Å². The minimum atomic E-state index is -3.60. The Balaban J connectivity index is 1.51. The molecule has 0 atom stereocenters. The number of rotatable bonds is 9. The van der Waals surface area contributed by atoms with Gasteiger partial charge in [-0.05, 0) is 62.4 Å². The summed E-state index contributed by atoms with van der Waals surface area (Å²) in [5.74, 6) is -0.269. The van der Waals surface area contributed by atoms with Gasteiger partial charge in [0.1, 0.15) is 0 Å². The zero-order chi connectivity index (χ0) is 24.9. The van der Waals surface area contributed by atoms with Gasteiger partial charge >= 0.3 is 6.61 Å². The Morgan fingerprint density at radius 3 is 2.44 bits per heavy atom. The van der Waals surface area contributed by atoms with Crippen molar-refractivity contribution in [3.8, 4) is 11.5 Å². The number of aryl methyl sites for hydroxylation is 2. The number of hydrogen-bond acceptors (Lipinski definition) is 5. The molecule has 3 rings (SSSR count). The maximum Gasteiger partial charge on any atom is 0.387 e. The molecule has 1 heterocycles. The molecule has 0 aliphatic carbocycles. The van der Waals surface area contributed by atoms with Crippen molar-refractivity contribution in [2.24, 2.45) is 5.92 Å². The summed E-state index contributed by atoms with van der Waals surface area (Å²) in [7, 11) is -2.24. The van der Waals surface area contributed by atoms with Crippen molar-refractivity contribution in [3.05, 3.63) is 53.1 Å². The van der Waals surface area contributed by atoms with Gasteiger partial charge in [-0.1, -0.05) is 23.8 Å². The lowest BCUT2D eigenvalue weighted by atomic mass is 9.97. The fraction of sp³-hybridized carbons (Fsp3) is 0.458. The maximum absolute atomic E-state index is 13.0. The molecular weight excluding hydrogens is 466 g/mol. The standard InChI is InChI=1S/C24H30F2N2O5S/c1-16-4-7-22(17(2)14-16)34(30,31)28-12-9-19(10-13-28)23(29)27-11-8-18-5-6-20(32-3)21(15-18)33-24(25)26/h4-7,14-15,19,24H,8-13H2,1-3H3,(H,27,29). The van der Waals surface area contributed by atoms with E-state index in [1.54, 1.807) is 31.2 Å². The normalized spacial score (nSPS) is 15.4. The van der Waals surface area contributed by atoms with Gasteiger partial charge < -0.3 is 14.8 Å². The van der Waals surface area contributed by atoms with Gasteiger partial charge in [0.15, 0.2) is 11.5 Å². The van der Waals surface area contributed by atoms with Gasteiger partial charge in [0, 0.05) is 25.6 Å². The summed E-state index contributed by atoms with van der Waals surface area (Å²) >= 11 is 0. The van der Waals surface area contributed by atoms with Crippen molar-refractivity contribution in [2.75, 3.05) is 26.7 Å². The molecule has 1 saturated heterocycles. The number of carbonyl (C=O) groups is 1. The first-order chi connectivity index (χ1) is 16.1. The van der Waals surface area contributed by atoms with Crippen LogP contribution in [0.2, 0.25) is 0 Å². The van der Waals surface area contributed by atoms with Crippen molar-refractivity contribution < 1.29 is 31.5 Å². The molecule has 0 spiro atoms. The summed E-state index contributed by atoms with van der Waals surface area (Å²) in [6.07, 6.45) is 1.30. The van der Waals surface area contributed by atoms with Crippen LogP contribution in [0.4, 0.5) is 8.78 Å². The number of nitrogens with one attached hydrogen (secondary N) is 1. The van der Waals surface area contributed by atoms with E-state index < -0.39 is 16.6 Å². The summed E-state index contributed by atoms with van der Waals surface area (Å²) in [5.41, 5.74) is 2.42. The van der Waals surface area contributed by atoms with Gasteiger partial charge in [0.2, 0.25) is 15.9 Å². The third kappa shape index (κ3) is 6.24. The molecule has 2 aromatic rings. The Morgan fingerprint density at radius 1 is 1.12 bits per heavy atom. The van der Waals surface area contributed by atoms with Crippen molar-refractivity contribution in [2.45, 2.75) is 44.6 Å². The highest BCUT2D eigenvalue weighted by Gasteiger charge is 2.32. The molecule has 1 fully saturated rings. The summed E-state index contributed by atoms with van der Waals surface area (Å²) < 4.78 is 62.2. The molecular formula is C24H30F2N2O5S. The molecule has 1 N–H and O–H groups in total. The summed E-state index contributed by atoms with van der Waals surface area (Å²) in [6, 6.07) is 9.99. The topological polar surface area (TPSA) is 84.9 Å². The minimum Gasteiger partial charge on any atom is -0.493 e. The first-order valence-corrected chi connectivity index (χ1v) is 12.5. The lowest BCUT2D eigenvalue weighted by molar-refractivity contribution is -0.126. The fourth-order valence-electron chi connectivity index (χ4n) is 4.13. The number of piperidine rings is 1. The number of methoxy groups -OCH3 is 1. The van der Waals surface area contributed by atoms with Crippen LogP contribution in [-0.2, 0) is 21.2 Å². The zero-order valence-electron chi connectivity index (χ0n) is 19.5. The number of carbonyl (C=O) groups excluding carboxylic acids is 1. The van der Waals surface area contributed by atoms with Crippen LogP contribution in [0.25, 0.3) is 0 Å². The number of amides is 1. The van der Waals surface area contributed by atoms with Crippen LogP contribution in [0.1, 0.15) is 29.5 Å². The molecule has 1 aliphatic rings. The van der Waals surface area contributed by atoms with Crippen LogP contribution < -0.4 is 14.8 Å². The van der Waals surface area contributed by atoms with Gasteiger partial charge in [-0.3, -0.25) is 4.79 Å². The van der Waals surface area contributed by atoms with E-state index >= 15 is 0 Å². The molecule has 2 aromatic carbocycles. The van der Waals surface area contributed by atoms with Crippen LogP contribution in [0.15, 0.2) is 41.3 Å². The van der Waals surface area contributed by atoms with Gasteiger partial charge in [0.25, 0.3) is 0 Å². The highest BCUT2D eigenvalue weighted by atomic mass is 32.2. The van der Waals surface area contributed by atoms with E-state index in [0.717, 1.165) is 5.56 Å². The molecule has 0 saturated carbocycles. The molecule has 0 radical (unpaired) electrons. The molecule has 34 heavy (non-hydrogen) atoms. The average Bonchev–Trinajstić information content (AvgIpc) is 2.78. The predicted octanol–water partition coefficient (Wildman–Crippen LogP) is 3.67. The van der Waals surface area contributed by atoms with Gasteiger partial charge in [-0.2, -0.15) is 13.1 Å². The Kier molecular flexibility index (Phi) is 8.48. The minimum absolute atomic E-state index is 0.0567. The van der Waals surface area contributed by atoms with Crippen LogP contribution in [0, 0.1) is 19.8 Å². The van der Waals surface area contributed by atoms with E-state index in [1.165, 1.54) is 17.5 Å². The van der Waals surface area contributed by atoms with Gasteiger partial charge in [-0.25, -0.2) is 8.42 Å². The van der Waals surface area contributed by atoms with Crippen LogP contribution in [0.5, 0.6) is 11.5 Å². The number of benzene rings is 2. The summed E-state index contributed by atoms with van der Waals surface area (Å²) in [5, 5.41) is 2.86. The van der Waals surface area contributed by atoms with Crippen molar-refractivity contribution in [3.63, 3.8) is 0 Å². The van der Waals surface area contributed by atoms with E-state index in [4.69, 9.17) is 4.74 Å². The highest BCUT2D eigenvalue weighted by molar-refractivity contribution is 7.89. The predicted molar refractivity (Wildman–Crippen MR) is 124 cm³/mol. The number of halogens is 2. The molecule has 0 aromatic heterocycles. The van der Waals surface area contributed by atoms with Crippen molar-refractivity contribution in [1.82, 2.24) is 9.62 Å². The molecule has 7 nitrogen and oxygen atoms in total. The Morgan fingerprint density at radius 2 is 1.82 bits per heavy atom. The Hall–Kier alpha value is -2.72. The molecule has 186 valence electrons. The second kappa shape index (κ2) is 11.1. The molecule has 0 unspecified atom stereocenters. The molecule has 0 bridgehead atoms. The lowest BCUT2D eigenvalue weighted by Crippen LogP contribution is -2.43. The number of alkyl halides is 2. The number of nitrogens with zero attached hydrogens (tertiary/aromatic N) is 1. The number of hydrogen-bond donors (Lipinski definition) is 1. The molecule has 10 heteroatoms. The monoisotopic (exact) mass is 496 g/mol.